The van der Waals surface area contributed by atoms with Gasteiger partial charge in [-0.1, -0.05) is 155 Å². The molecule has 0 saturated heterocycles. The first-order valence-electron chi connectivity index (χ1n) is 30.9. The molecule has 0 spiro atoms. The highest BCUT2D eigenvalue weighted by Gasteiger charge is 2.40. The summed E-state index contributed by atoms with van der Waals surface area (Å²) in [7, 11) is 0. The summed E-state index contributed by atoms with van der Waals surface area (Å²) < 4.78 is 39.0. The van der Waals surface area contributed by atoms with Crippen LogP contribution in [0.15, 0.2) is 30.3 Å². The Bertz CT molecular complexity index is 2520. The van der Waals surface area contributed by atoms with Crippen LogP contribution in [0.3, 0.4) is 0 Å². The number of esters is 7. The fraction of sp³-hybridized carbons (Fsp3) is 0.719. The van der Waals surface area contributed by atoms with Gasteiger partial charge in [0.15, 0.2) is 30.5 Å². The highest BCUT2D eigenvalue weighted by Crippen LogP contribution is 2.20. The topological polar surface area (TPSA) is 356 Å². The van der Waals surface area contributed by atoms with E-state index in [0.29, 0.717) is 0 Å². The largest absolute Gasteiger partial charge is 0.458 e. The number of carbonyl (C=O) groups is 12. The monoisotopic (exact) mass is 1260 g/mol. The summed E-state index contributed by atoms with van der Waals surface area (Å²) in [5.41, 5.74) is 6.67. The summed E-state index contributed by atoms with van der Waals surface area (Å²) >= 11 is 0. The lowest BCUT2D eigenvalue weighted by molar-refractivity contribution is -0.173. The van der Waals surface area contributed by atoms with Crippen molar-refractivity contribution in [2.75, 3.05) is 0 Å². The van der Waals surface area contributed by atoms with Crippen molar-refractivity contribution in [2.24, 2.45) is 59.0 Å². The first-order chi connectivity index (χ1) is 41.2. The van der Waals surface area contributed by atoms with Crippen molar-refractivity contribution in [3.8, 4) is 0 Å². The van der Waals surface area contributed by atoms with Gasteiger partial charge in [-0.2, -0.15) is 0 Å². The highest BCUT2D eigenvalue weighted by atomic mass is 16.6. The van der Waals surface area contributed by atoms with Crippen LogP contribution in [-0.2, 0) is 97.3 Å². The van der Waals surface area contributed by atoms with Gasteiger partial charge in [0, 0.05) is 5.92 Å². The van der Waals surface area contributed by atoms with Gasteiger partial charge in [-0.05, 0) is 92.9 Å². The Morgan fingerprint density at radius 3 is 0.921 bits per heavy atom. The molecular weight excluding hydrogens is 1160 g/mol. The van der Waals surface area contributed by atoms with Crippen LogP contribution >= 0.6 is 0 Å². The van der Waals surface area contributed by atoms with Gasteiger partial charge in [-0.25, -0.2) is 28.8 Å². The molecule has 7 N–H and O–H groups in total. The molecule has 12 atom stereocenters. The van der Waals surface area contributed by atoms with Crippen molar-refractivity contribution in [3.05, 3.63) is 35.9 Å². The Kier molecular flexibility index (Phi) is 34.4. The van der Waals surface area contributed by atoms with Crippen LogP contribution in [0.5, 0.6) is 0 Å². The maximum absolute atomic E-state index is 14.0. The summed E-state index contributed by atoms with van der Waals surface area (Å²) in [6.45, 7) is 34.1. The lowest BCUT2D eigenvalue weighted by Crippen LogP contribution is -2.55. The Morgan fingerprint density at radius 1 is 0.337 bits per heavy atom. The third-order valence-electron chi connectivity index (χ3n) is 13.8. The van der Waals surface area contributed by atoms with Crippen molar-refractivity contribution >= 4 is 71.3 Å². The van der Waals surface area contributed by atoms with E-state index in [2.05, 4.69) is 26.6 Å². The summed E-state index contributed by atoms with van der Waals surface area (Å²) in [6.07, 6.45) is -8.48. The number of ether oxygens (including phenoxy) is 7. The molecule has 1 rings (SSSR count). The third kappa shape index (κ3) is 28.0. The van der Waals surface area contributed by atoms with Gasteiger partial charge in [0.05, 0.1) is 0 Å². The molecule has 89 heavy (non-hydrogen) atoms. The van der Waals surface area contributed by atoms with E-state index in [-0.39, 0.29) is 49.5 Å². The third-order valence-corrected chi connectivity index (χ3v) is 13.8. The van der Waals surface area contributed by atoms with Gasteiger partial charge in [-0.15, -0.1) is 0 Å². The molecule has 0 aromatic heterocycles. The minimum absolute atomic E-state index is 0.00123. The molecule has 1 aromatic carbocycles. The zero-order valence-corrected chi connectivity index (χ0v) is 56.2. The molecule has 0 heterocycles. The van der Waals surface area contributed by atoms with E-state index in [1.165, 1.54) is 20.8 Å². The van der Waals surface area contributed by atoms with E-state index in [4.69, 9.17) is 38.9 Å². The molecule has 0 fully saturated rings. The second-order valence-corrected chi connectivity index (χ2v) is 26.0. The van der Waals surface area contributed by atoms with Crippen LogP contribution < -0.4 is 32.3 Å². The molecule has 504 valence electrons. The lowest BCUT2D eigenvalue weighted by Gasteiger charge is -2.29. The SMILES string of the molecule is CC(C)C[C@@H](OC(=O)[C@@H](N)C(C)C)C(=O)N[C@H](C)C(=O)O[C@H](C(=O)N[C@H](C(=O)O[C@H](CC(C)C)C(=O)N[C@H](C)C(=O)O[C@H](C(=O)N[C@H](C(=O)O[C@H](CC(C)C)C(=O)N[C@H](C)C(=O)O[C@H](C(=O)OCc1ccccc1)C(C)C)C(C)C)C(C)C)C(C)C)C(C)C. The van der Waals surface area contributed by atoms with Gasteiger partial charge in [-0.3, -0.25) is 28.8 Å². The number of hydrogen-bond acceptors (Lipinski definition) is 20. The number of nitrogens with two attached hydrogens (primary N) is 1. The van der Waals surface area contributed by atoms with Crippen LogP contribution in [0.1, 0.15) is 170 Å². The second-order valence-electron chi connectivity index (χ2n) is 26.0. The van der Waals surface area contributed by atoms with E-state index in [1.807, 2.05) is 19.9 Å². The van der Waals surface area contributed by atoms with E-state index >= 15 is 0 Å². The van der Waals surface area contributed by atoms with Crippen LogP contribution in [0.25, 0.3) is 0 Å². The molecule has 1 aromatic rings. The number of nitrogens with one attached hydrogen (secondary N) is 5. The molecule has 25 nitrogen and oxygen atoms in total. The first-order valence-corrected chi connectivity index (χ1v) is 30.9. The maximum atomic E-state index is 14.0. The summed E-state index contributed by atoms with van der Waals surface area (Å²) in [5, 5.41) is 12.6. The van der Waals surface area contributed by atoms with E-state index in [0.717, 1.165) is 5.56 Å². The Morgan fingerprint density at radius 2 is 0.640 bits per heavy atom. The zero-order valence-electron chi connectivity index (χ0n) is 56.2. The molecule has 0 aliphatic carbocycles. The molecule has 25 heteroatoms. The molecule has 0 aliphatic rings. The quantitative estimate of drug-likeness (QED) is 0.0373. The van der Waals surface area contributed by atoms with Crippen LogP contribution in [0.4, 0.5) is 0 Å². The van der Waals surface area contributed by atoms with E-state index in [1.54, 1.807) is 135 Å². The van der Waals surface area contributed by atoms with Crippen molar-refractivity contribution < 1.29 is 90.7 Å². The standard InChI is InChI=1S/C64H104N6O19/c1-31(2)27-44(84-61(79)47(65)34(7)8)53(71)66-40(19)58(76)87-50(37(13)14)56(74)69-48(35(9)10)62(80)85-45(28-32(3)4)54(72)67-41(20)59(77)88-51(38(15)16)57(75)70-49(36(11)12)63(81)86-46(29-33(5)6)55(73)68-42(21)60(78)89-52(39(17)18)64(82)83-30-43-25-23-22-24-26-43/h22-26,31-42,44-52H,27-30,65H2,1-21H3,(H,66,71)(H,67,72)(H,68,73)(H,69,74)(H,70,75)/t40-,41-,42-,44-,45-,46-,47+,48+,49+,50+,51+,52+/m1/s1. The maximum Gasteiger partial charge on any atom is 0.348 e. The van der Waals surface area contributed by atoms with Crippen LogP contribution in [0, 0.1) is 53.3 Å². The zero-order chi connectivity index (χ0) is 68.5. The normalized spacial score (nSPS) is 15.7. The average Bonchev–Trinajstić information content (AvgIpc) is 3.43. The fourth-order valence-electron chi connectivity index (χ4n) is 8.32. The summed E-state index contributed by atoms with van der Waals surface area (Å²) in [6, 6.07) is 1.08. The molecule has 0 saturated carbocycles. The minimum atomic E-state index is -1.54. The van der Waals surface area contributed by atoms with Gasteiger partial charge in [0.25, 0.3) is 29.5 Å². The number of rotatable bonds is 37. The first kappa shape index (κ1) is 79.8. The Balaban J connectivity index is 3.18. The second kappa shape index (κ2) is 38.4. The van der Waals surface area contributed by atoms with Crippen molar-refractivity contribution in [1.29, 1.82) is 0 Å². The smallest absolute Gasteiger partial charge is 0.348 e. The fourth-order valence-corrected chi connectivity index (χ4v) is 8.32. The predicted molar refractivity (Wildman–Crippen MR) is 328 cm³/mol. The molecule has 0 unspecified atom stereocenters. The molecular formula is C64H104N6O19. The van der Waals surface area contributed by atoms with Gasteiger partial charge >= 0.3 is 41.8 Å². The van der Waals surface area contributed by atoms with Gasteiger partial charge < -0.3 is 65.5 Å². The number of benzene rings is 1. The van der Waals surface area contributed by atoms with Gasteiger partial charge in [0.2, 0.25) is 6.10 Å². The number of hydrogen-bond donors (Lipinski definition) is 6. The Hall–Kier alpha value is -7.18. The van der Waals surface area contributed by atoms with E-state index < -0.39 is 174 Å². The van der Waals surface area contributed by atoms with Crippen molar-refractivity contribution in [1.82, 2.24) is 26.6 Å². The summed E-state index contributed by atoms with van der Waals surface area (Å²) in [4.78, 5) is 163. The van der Waals surface area contributed by atoms with E-state index in [9.17, 15) is 57.5 Å². The van der Waals surface area contributed by atoms with Gasteiger partial charge in [0.1, 0.15) is 42.9 Å². The molecule has 0 bridgehead atoms. The highest BCUT2D eigenvalue weighted by molar-refractivity contribution is 5.95. The average molecular weight is 1260 g/mol. The molecule has 5 amide bonds. The van der Waals surface area contributed by atoms with Crippen molar-refractivity contribution in [3.63, 3.8) is 0 Å². The molecule has 0 aliphatic heterocycles. The summed E-state index contributed by atoms with van der Waals surface area (Å²) in [5.74, 6) is -14.9. The number of amides is 5. The van der Waals surface area contributed by atoms with Crippen LogP contribution in [0.2, 0.25) is 0 Å². The minimum Gasteiger partial charge on any atom is -0.458 e. The number of carbonyl (C=O) groups excluding carboxylic acids is 12. The lowest BCUT2D eigenvalue weighted by atomic mass is 10.0. The van der Waals surface area contributed by atoms with Crippen LogP contribution in [-0.4, -0.2) is 144 Å². The molecule has 0 radical (unpaired) electrons. The predicted octanol–water partition coefficient (Wildman–Crippen LogP) is 5.09. The van der Waals surface area contributed by atoms with Crippen molar-refractivity contribution in [2.45, 2.75) is 244 Å². The Labute approximate surface area is 525 Å².